The average Bonchev–Trinajstić information content (AvgIpc) is 2.42. The molecule has 0 heterocycles. The molecule has 18 heavy (non-hydrogen) atoms. The second-order valence-electron chi connectivity index (χ2n) is 3.93. The molecule has 1 rings (SSSR count). The number of unbranched alkanes of at least 4 members (excludes halogenated alkanes) is 1. The van der Waals surface area contributed by atoms with Gasteiger partial charge in [0.2, 0.25) is 0 Å². The lowest BCUT2D eigenvalue weighted by Crippen LogP contribution is -1.95. The number of thioether (sulfide) groups is 1. The zero-order chi connectivity index (χ0) is 13.4. The Morgan fingerprint density at radius 3 is 2.33 bits per heavy atom. The highest BCUT2D eigenvalue weighted by atomic mass is 35.5. The average molecular weight is 279 g/mol. The maximum absolute atomic E-state index is 9.12. The molecule has 0 N–H and O–H groups in total. The number of halogens is 1. The fraction of sp³-hybridized carbons (Fsp3) is 0.429. The summed E-state index contributed by atoms with van der Waals surface area (Å²) in [6, 6.07) is 7.86. The van der Waals surface area contributed by atoms with Gasteiger partial charge in [-0.3, -0.25) is 0 Å². The summed E-state index contributed by atoms with van der Waals surface area (Å²) >= 11 is 7.57. The zero-order valence-corrected chi connectivity index (χ0v) is 11.9. The molecule has 4 heteroatoms. The molecule has 0 saturated carbocycles. The van der Waals surface area contributed by atoms with Crippen LogP contribution in [0.25, 0.3) is 0 Å². The molecule has 0 radical (unpaired) electrons. The Morgan fingerprint density at radius 1 is 1.17 bits per heavy atom. The lowest BCUT2D eigenvalue weighted by molar-refractivity contribution is 0.896. The minimum absolute atomic E-state index is 0.265. The zero-order valence-electron chi connectivity index (χ0n) is 10.4. The van der Waals surface area contributed by atoms with E-state index in [9.17, 15) is 0 Å². The van der Waals surface area contributed by atoms with Crippen LogP contribution in [0.5, 0.6) is 0 Å². The number of hydrogen-bond acceptors (Lipinski definition) is 3. The summed E-state index contributed by atoms with van der Waals surface area (Å²) < 4.78 is 0. The third-order valence-electron chi connectivity index (χ3n) is 2.61. The van der Waals surface area contributed by atoms with Crippen LogP contribution in [0.1, 0.15) is 42.0 Å². The number of alkyl halides is 1. The molecule has 1 aromatic carbocycles. The van der Waals surface area contributed by atoms with Crippen LogP contribution in [0.2, 0.25) is 0 Å². The van der Waals surface area contributed by atoms with Gasteiger partial charge in [0.1, 0.15) is 0 Å². The molecule has 0 aromatic heterocycles. The summed E-state index contributed by atoms with van der Waals surface area (Å²) in [7, 11) is 0. The maximum Gasteiger partial charge on any atom is 0.0995 e. The molecule has 0 fully saturated rings. The van der Waals surface area contributed by atoms with Gasteiger partial charge < -0.3 is 0 Å². The van der Waals surface area contributed by atoms with Gasteiger partial charge in [-0.15, -0.1) is 11.6 Å². The van der Waals surface area contributed by atoms with Crippen molar-refractivity contribution in [1.29, 1.82) is 10.5 Å². The second-order valence-corrected chi connectivity index (χ2v) is 5.30. The van der Waals surface area contributed by atoms with Crippen LogP contribution in [0.3, 0.4) is 0 Å². The summed E-state index contributed by atoms with van der Waals surface area (Å²) in [4.78, 5) is 0. The quantitative estimate of drug-likeness (QED) is 0.579. The van der Waals surface area contributed by atoms with E-state index in [0.717, 1.165) is 22.6 Å². The van der Waals surface area contributed by atoms with Crippen LogP contribution in [-0.4, -0.2) is 5.75 Å². The topological polar surface area (TPSA) is 47.6 Å². The lowest BCUT2D eigenvalue weighted by atomic mass is 10.0. The largest absolute Gasteiger partial charge is 0.192 e. The van der Waals surface area contributed by atoms with Crippen molar-refractivity contribution < 1.29 is 0 Å². The SMILES string of the molecule is CCCCSCc1cc(C#N)c(CCl)cc1C#N. The van der Waals surface area contributed by atoms with Gasteiger partial charge in [0, 0.05) is 11.6 Å². The Hall–Kier alpha value is -1.16. The first kappa shape index (κ1) is 14.9. The van der Waals surface area contributed by atoms with Crippen molar-refractivity contribution in [3.63, 3.8) is 0 Å². The number of nitrogens with zero attached hydrogens (tertiary/aromatic N) is 2. The van der Waals surface area contributed by atoms with Crippen molar-refractivity contribution in [1.82, 2.24) is 0 Å². The van der Waals surface area contributed by atoms with Crippen LogP contribution >= 0.6 is 23.4 Å². The summed E-state index contributed by atoms with van der Waals surface area (Å²) in [5.74, 6) is 2.13. The Labute approximate surface area is 118 Å². The summed E-state index contributed by atoms with van der Waals surface area (Å²) in [6.45, 7) is 2.16. The van der Waals surface area contributed by atoms with Crippen LogP contribution in [0.15, 0.2) is 12.1 Å². The Balaban J connectivity index is 2.90. The number of hydrogen-bond donors (Lipinski definition) is 0. The van der Waals surface area contributed by atoms with Crippen LogP contribution in [-0.2, 0) is 11.6 Å². The Morgan fingerprint density at radius 2 is 1.78 bits per heavy atom. The molecule has 0 aliphatic rings. The molecule has 0 unspecified atom stereocenters. The molecular weight excluding hydrogens is 264 g/mol. The summed E-state index contributed by atoms with van der Waals surface area (Å²) in [5.41, 5.74) is 2.88. The molecule has 0 aliphatic heterocycles. The predicted molar refractivity (Wildman–Crippen MR) is 76.5 cm³/mol. The minimum atomic E-state index is 0.265. The monoisotopic (exact) mass is 278 g/mol. The fourth-order valence-corrected chi connectivity index (χ4v) is 2.87. The molecule has 0 atom stereocenters. The van der Waals surface area contributed by atoms with E-state index in [4.69, 9.17) is 22.1 Å². The standard InChI is InChI=1S/C14H15ClN2S/c1-2-3-4-18-10-14-6-12(8-16)11(7-15)5-13(14)9-17/h5-6H,2-4,7,10H2,1H3. The number of rotatable bonds is 6. The van der Waals surface area contributed by atoms with E-state index < -0.39 is 0 Å². The van der Waals surface area contributed by atoms with Crippen molar-refractivity contribution in [2.75, 3.05) is 5.75 Å². The molecule has 0 saturated heterocycles. The van der Waals surface area contributed by atoms with Crippen LogP contribution < -0.4 is 0 Å². The van der Waals surface area contributed by atoms with Gasteiger partial charge in [-0.05, 0) is 35.4 Å². The summed E-state index contributed by atoms with van der Waals surface area (Å²) in [5, 5.41) is 18.2. The lowest BCUT2D eigenvalue weighted by Gasteiger charge is -2.07. The summed E-state index contributed by atoms with van der Waals surface area (Å²) in [6.07, 6.45) is 2.35. The molecule has 94 valence electrons. The first-order chi connectivity index (χ1) is 8.76. The van der Waals surface area contributed by atoms with E-state index in [1.54, 1.807) is 23.9 Å². The highest BCUT2D eigenvalue weighted by Gasteiger charge is 2.09. The number of benzene rings is 1. The van der Waals surface area contributed by atoms with Gasteiger partial charge in [-0.1, -0.05) is 13.3 Å². The maximum atomic E-state index is 9.12. The molecular formula is C14H15ClN2S. The Bertz CT molecular complexity index is 486. The molecule has 0 bridgehead atoms. The predicted octanol–water partition coefficient (Wildman–Crippen LogP) is 4.20. The van der Waals surface area contributed by atoms with Crippen LogP contribution in [0, 0.1) is 22.7 Å². The van der Waals surface area contributed by atoms with Gasteiger partial charge in [0.05, 0.1) is 23.3 Å². The van der Waals surface area contributed by atoms with Gasteiger partial charge in [-0.25, -0.2) is 0 Å². The molecule has 1 aromatic rings. The first-order valence-corrected chi connectivity index (χ1v) is 7.55. The fourth-order valence-electron chi connectivity index (χ4n) is 1.56. The third kappa shape index (κ3) is 3.95. The normalized spacial score (nSPS) is 9.78. The van der Waals surface area contributed by atoms with Crippen molar-refractivity contribution in [3.05, 3.63) is 34.4 Å². The van der Waals surface area contributed by atoms with E-state index in [1.165, 1.54) is 12.8 Å². The van der Waals surface area contributed by atoms with Crippen molar-refractivity contribution >= 4 is 23.4 Å². The molecule has 0 spiro atoms. The van der Waals surface area contributed by atoms with E-state index in [1.807, 2.05) is 0 Å². The smallest absolute Gasteiger partial charge is 0.0995 e. The van der Waals surface area contributed by atoms with Gasteiger partial charge in [0.25, 0.3) is 0 Å². The van der Waals surface area contributed by atoms with E-state index in [2.05, 4.69) is 19.1 Å². The molecule has 2 nitrogen and oxygen atoms in total. The van der Waals surface area contributed by atoms with E-state index >= 15 is 0 Å². The minimum Gasteiger partial charge on any atom is -0.192 e. The molecule has 0 aliphatic carbocycles. The van der Waals surface area contributed by atoms with Crippen molar-refractivity contribution in [2.24, 2.45) is 0 Å². The van der Waals surface area contributed by atoms with Gasteiger partial charge in [-0.2, -0.15) is 22.3 Å². The van der Waals surface area contributed by atoms with Crippen molar-refractivity contribution in [3.8, 4) is 12.1 Å². The van der Waals surface area contributed by atoms with Gasteiger partial charge >= 0.3 is 0 Å². The van der Waals surface area contributed by atoms with E-state index in [-0.39, 0.29) is 5.88 Å². The van der Waals surface area contributed by atoms with Crippen molar-refractivity contribution in [2.45, 2.75) is 31.4 Å². The Kier molecular flexibility index (Phi) is 6.65. The first-order valence-electron chi connectivity index (χ1n) is 5.86. The van der Waals surface area contributed by atoms with Gasteiger partial charge in [0.15, 0.2) is 0 Å². The second kappa shape index (κ2) is 8.03. The molecule has 0 amide bonds. The number of nitriles is 2. The highest BCUT2D eigenvalue weighted by molar-refractivity contribution is 7.98. The van der Waals surface area contributed by atoms with E-state index in [0.29, 0.717) is 11.1 Å². The third-order valence-corrected chi connectivity index (χ3v) is 3.99. The highest BCUT2D eigenvalue weighted by Crippen LogP contribution is 2.22. The van der Waals surface area contributed by atoms with Crippen LogP contribution in [0.4, 0.5) is 0 Å².